The van der Waals surface area contributed by atoms with Crippen molar-refractivity contribution >= 4 is 18.5 Å². The van der Waals surface area contributed by atoms with Gasteiger partial charge in [-0.05, 0) is 43.5 Å². The van der Waals surface area contributed by atoms with Crippen LogP contribution < -0.4 is 10.6 Å². The van der Waals surface area contributed by atoms with Crippen LogP contribution >= 0.6 is 7.92 Å². The van der Waals surface area contributed by atoms with Crippen LogP contribution in [-0.4, -0.2) is 0 Å². The second-order valence-corrected chi connectivity index (χ2v) is 7.89. The Morgan fingerprint density at radius 2 is 1.23 bits per heavy atom. The highest BCUT2D eigenvalue weighted by atomic mass is 31.1. The van der Waals surface area contributed by atoms with Crippen molar-refractivity contribution in [2.75, 3.05) is 0 Å². The van der Waals surface area contributed by atoms with Gasteiger partial charge in [-0.25, -0.2) is 0 Å². The fraction of sp³-hybridized carbons (Fsp3) is 0.143. The van der Waals surface area contributed by atoms with Crippen molar-refractivity contribution < 1.29 is 0 Å². The van der Waals surface area contributed by atoms with Gasteiger partial charge in [0.15, 0.2) is 0 Å². The molecule has 22 heavy (non-hydrogen) atoms. The van der Waals surface area contributed by atoms with Crippen LogP contribution in [0.25, 0.3) is 0 Å². The molecule has 0 fully saturated rings. The Morgan fingerprint density at radius 1 is 0.682 bits per heavy atom. The SMILES string of the molecule is Cc1ccc(CP(c2ccccc2)c2ccccc2)c(C)c1. The molecule has 0 N–H and O–H groups in total. The molecule has 0 unspecified atom stereocenters. The Kier molecular flexibility index (Phi) is 4.71. The molecule has 1 heteroatoms. The van der Waals surface area contributed by atoms with Crippen molar-refractivity contribution in [3.63, 3.8) is 0 Å². The van der Waals surface area contributed by atoms with Gasteiger partial charge in [-0.2, -0.15) is 0 Å². The van der Waals surface area contributed by atoms with Crippen molar-refractivity contribution in [3.05, 3.63) is 95.6 Å². The minimum atomic E-state index is -0.353. The van der Waals surface area contributed by atoms with Gasteiger partial charge >= 0.3 is 0 Å². The summed E-state index contributed by atoms with van der Waals surface area (Å²) in [7, 11) is -0.353. The second-order valence-electron chi connectivity index (χ2n) is 5.69. The van der Waals surface area contributed by atoms with Crippen molar-refractivity contribution in [1.82, 2.24) is 0 Å². The molecule has 3 rings (SSSR count). The molecular weight excluding hydrogens is 283 g/mol. The van der Waals surface area contributed by atoms with Crippen LogP contribution in [0.3, 0.4) is 0 Å². The molecular formula is C21H21P. The first kappa shape index (κ1) is 15.0. The smallest absolute Gasteiger partial charge is 0.00101 e. The molecule has 0 bridgehead atoms. The normalized spacial score (nSPS) is 10.9. The molecule has 0 aliphatic rings. The summed E-state index contributed by atoms with van der Waals surface area (Å²) in [4.78, 5) is 0. The molecule has 0 heterocycles. The maximum atomic E-state index is 2.30. The lowest BCUT2D eigenvalue weighted by atomic mass is 10.1. The fourth-order valence-electron chi connectivity index (χ4n) is 2.74. The number of aryl methyl sites for hydroxylation is 2. The molecule has 110 valence electrons. The van der Waals surface area contributed by atoms with E-state index in [1.54, 1.807) is 0 Å². The summed E-state index contributed by atoms with van der Waals surface area (Å²) in [5.74, 6) is 0. The second kappa shape index (κ2) is 6.90. The quantitative estimate of drug-likeness (QED) is 0.599. The van der Waals surface area contributed by atoms with Crippen LogP contribution in [0.2, 0.25) is 0 Å². The van der Waals surface area contributed by atoms with Gasteiger partial charge in [-0.1, -0.05) is 84.4 Å². The Morgan fingerprint density at radius 3 is 1.73 bits per heavy atom. The third kappa shape index (κ3) is 3.46. The van der Waals surface area contributed by atoms with Crippen molar-refractivity contribution in [3.8, 4) is 0 Å². The molecule has 0 amide bonds. The van der Waals surface area contributed by atoms with Crippen molar-refractivity contribution in [2.45, 2.75) is 20.0 Å². The molecule has 0 aliphatic heterocycles. The summed E-state index contributed by atoms with van der Waals surface area (Å²) < 4.78 is 0. The standard InChI is InChI=1S/C21H21P/c1-17-13-14-19(18(2)15-17)16-22(20-9-5-3-6-10-20)21-11-7-4-8-12-21/h3-15H,16H2,1-2H3. The highest BCUT2D eigenvalue weighted by molar-refractivity contribution is 7.72. The van der Waals surface area contributed by atoms with E-state index in [4.69, 9.17) is 0 Å². The molecule has 0 aromatic heterocycles. The monoisotopic (exact) mass is 304 g/mol. The molecule has 3 aromatic rings. The van der Waals surface area contributed by atoms with Crippen LogP contribution in [0.5, 0.6) is 0 Å². The van der Waals surface area contributed by atoms with Gasteiger partial charge in [-0.15, -0.1) is 0 Å². The zero-order valence-corrected chi connectivity index (χ0v) is 14.1. The van der Waals surface area contributed by atoms with Crippen molar-refractivity contribution in [1.29, 1.82) is 0 Å². The zero-order chi connectivity index (χ0) is 15.4. The number of hydrogen-bond acceptors (Lipinski definition) is 0. The van der Waals surface area contributed by atoms with Crippen LogP contribution in [-0.2, 0) is 6.16 Å². The summed E-state index contributed by atoms with van der Waals surface area (Å²) in [6, 6.07) is 28.7. The van der Waals surface area contributed by atoms with Gasteiger partial charge in [0.1, 0.15) is 0 Å². The maximum absolute atomic E-state index is 2.30. The number of hydrogen-bond donors (Lipinski definition) is 0. The third-order valence-corrected chi connectivity index (χ3v) is 6.46. The highest BCUT2D eigenvalue weighted by Gasteiger charge is 2.15. The van der Waals surface area contributed by atoms with E-state index in [0.717, 1.165) is 6.16 Å². The lowest BCUT2D eigenvalue weighted by Gasteiger charge is -2.20. The van der Waals surface area contributed by atoms with E-state index in [0.29, 0.717) is 0 Å². The summed E-state index contributed by atoms with van der Waals surface area (Å²) in [5, 5.41) is 2.90. The molecule has 0 aliphatic carbocycles. The first-order chi connectivity index (χ1) is 10.7. The van der Waals surface area contributed by atoms with Gasteiger partial charge in [0, 0.05) is 6.16 Å². The lowest BCUT2D eigenvalue weighted by Crippen LogP contribution is -2.13. The molecule has 0 nitrogen and oxygen atoms in total. The Bertz CT molecular complexity index is 693. The van der Waals surface area contributed by atoms with Gasteiger partial charge < -0.3 is 0 Å². The number of rotatable bonds is 4. The van der Waals surface area contributed by atoms with E-state index < -0.39 is 0 Å². The van der Waals surface area contributed by atoms with Crippen LogP contribution in [0.15, 0.2) is 78.9 Å². The molecule has 0 radical (unpaired) electrons. The predicted octanol–water partition coefficient (Wildman–Crippen LogP) is 4.94. The average molecular weight is 304 g/mol. The fourth-order valence-corrected chi connectivity index (χ4v) is 5.16. The maximum Gasteiger partial charge on any atom is 0.00101 e. The van der Waals surface area contributed by atoms with Gasteiger partial charge in [0.25, 0.3) is 0 Å². The van der Waals surface area contributed by atoms with Gasteiger partial charge in [-0.3, -0.25) is 0 Å². The molecule has 0 spiro atoms. The summed E-state index contributed by atoms with van der Waals surface area (Å²) in [6.45, 7) is 4.39. The molecule has 0 saturated carbocycles. The minimum Gasteiger partial charge on any atom is -0.0622 e. The highest BCUT2D eigenvalue weighted by Crippen LogP contribution is 2.38. The largest absolute Gasteiger partial charge is 0.0622 e. The predicted molar refractivity (Wildman–Crippen MR) is 98.7 cm³/mol. The Labute approximate surface area is 134 Å². The van der Waals surface area contributed by atoms with E-state index in [9.17, 15) is 0 Å². The first-order valence-electron chi connectivity index (χ1n) is 7.68. The van der Waals surface area contributed by atoms with Gasteiger partial charge in [0.05, 0.1) is 0 Å². The summed E-state index contributed by atoms with van der Waals surface area (Å²) in [6.07, 6.45) is 1.11. The zero-order valence-electron chi connectivity index (χ0n) is 13.2. The van der Waals surface area contributed by atoms with E-state index in [2.05, 4.69) is 92.7 Å². The topological polar surface area (TPSA) is 0 Å². The van der Waals surface area contributed by atoms with E-state index in [1.165, 1.54) is 27.3 Å². The van der Waals surface area contributed by atoms with E-state index >= 15 is 0 Å². The summed E-state index contributed by atoms with van der Waals surface area (Å²) in [5.41, 5.74) is 4.20. The van der Waals surface area contributed by atoms with E-state index in [-0.39, 0.29) is 7.92 Å². The molecule has 3 aromatic carbocycles. The minimum absolute atomic E-state index is 0.353. The first-order valence-corrected chi connectivity index (χ1v) is 9.20. The third-order valence-electron chi connectivity index (χ3n) is 3.96. The Balaban J connectivity index is 1.99. The van der Waals surface area contributed by atoms with Crippen molar-refractivity contribution in [2.24, 2.45) is 0 Å². The average Bonchev–Trinajstić information content (AvgIpc) is 2.56. The summed E-state index contributed by atoms with van der Waals surface area (Å²) >= 11 is 0. The van der Waals surface area contributed by atoms with Crippen LogP contribution in [0.4, 0.5) is 0 Å². The van der Waals surface area contributed by atoms with Crippen LogP contribution in [0, 0.1) is 13.8 Å². The van der Waals surface area contributed by atoms with Crippen LogP contribution in [0.1, 0.15) is 16.7 Å². The molecule has 0 saturated heterocycles. The molecule has 0 atom stereocenters. The number of benzene rings is 3. The van der Waals surface area contributed by atoms with Gasteiger partial charge in [0.2, 0.25) is 0 Å². The Hall–Kier alpha value is -1.91. The lowest BCUT2D eigenvalue weighted by molar-refractivity contribution is 1.27. The van der Waals surface area contributed by atoms with E-state index in [1.807, 2.05) is 0 Å².